The number of aryl methyl sites for hydroxylation is 1. The molecule has 0 atom stereocenters. The molecule has 0 aromatic heterocycles. The Morgan fingerprint density at radius 2 is 2.10 bits per heavy atom. The lowest BCUT2D eigenvalue weighted by Gasteiger charge is -2.29. The number of rotatable bonds is 4. The molecule has 1 aromatic carbocycles. The van der Waals surface area contributed by atoms with Gasteiger partial charge in [-0.3, -0.25) is 9.59 Å². The number of benzene rings is 1. The van der Waals surface area contributed by atoms with Gasteiger partial charge < -0.3 is 15.3 Å². The third-order valence-corrected chi connectivity index (χ3v) is 3.62. The van der Waals surface area contributed by atoms with E-state index in [9.17, 15) is 9.59 Å². The lowest BCUT2D eigenvalue weighted by molar-refractivity contribution is -0.137. The number of fused-ring (bicyclic) bond motifs is 1. The second kappa shape index (κ2) is 6.05. The number of carboxylic acid groups (broad SMARTS) is 1. The number of amides is 1. The van der Waals surface area contributed by atoms with Gasteiger partial charge in [-0.2, -0.15) is 0 Å². The van der Waals surface area contributed by atoms with Crippen molar-refractivity contribution in [3.63, 3.8) is 0 Å². The van der Waals surface area contributed by atoms with Crippen molar-refractivity contribution in [2.24, 2.45) is 0 Å². The number of carbonyl (C=O) groups excluding carboxylic acids is 1. The molecule has 108 valence electrons. The number of carboxylic acids is 1. The number of aliphatic carboxylic acids is 1. The SMILES string of the molecule is CC(=O)Nc1ccc(CCC(=O)O)c2c1CCN(C)C2. The Balaban J connectivity index is 2.34. The molecule has 1 aliphatic heterocycles. The van der Waals surface area contributed by atoms with Crippen molar-refractivity contribution in [1.82, 2.24) is 4.90 Å². The lowest BCUT2D eigenvalue weighted by atomic mass is 9.91. The molecule has 1 aromatic rings. The molecule has 0 bridgehead atoms. The Morgan fingerprint density at radius 3 is 2.75 bits per heavy atom. The molecule has 2 rings (SSSR count). The fraction of sp³-hybridized carbons (Fsp3) is 0.467. The Hall–Kier alpha value is -1.88. The summed E-state index contributed by atoms with van der Waals surface area (Å²) >= 11 is 0. The fourth-order valence-electron chi connectivity index (χ4n) is 2.66. The van der Waals surface area contributed by atoms with E-state index in [1.807, 2.05) is 12.1 Å². The normalized spacial score (nSPS) is 14.7. The zero-order valence-electron chi connectivity index (χ0n) is 11.9. The van der Waals surface area contributed by atoms with Crippen LogP contribution < -0.4 is 5.32 Å². The first-order valence-corrected chi connectivity index (χ1v) is 6.79. The predicted octanol–water partition coefficient (Wildman–Crippen LogP) is 1.65. The van der Waals surface area contributed by atoms with E-state index in [0.717, 1.165) is 36.3 Å². The number of anilines is 1. The van der Waals surface area contributed by atoms with Crippen LogP contribution in [0.25, 0.3) is 0 Å². The summed E-state index contributed by atoms with van der Waals surface area (Å²) in [5.41, 5.74) is 4.26. The average Bonchev–Trinajstić information content (AvgIpc) is 2.36. The van der Waals surface area contributed by atoms with Gasteiger partial charge in [0.15, 0.2) is 0 Å². The molecule has 20 heavy (non-hydrogen) atoms. The minimum Gasteiger partial charge on any atom is -0.481 e. The zero-order chi connectivity index (χ0) is 14.7. The Bertz CT molecular complexity index is 540. The van der Waals surface area contributed by atoms with Gasteiger partial charge in [0.05, 0.1) is 0 Å². The molecule has 0 saturated carbocycles. The number of likely N-dealkylation sites (N-methyl/N-ethyl adjacent to an activating group) is 1. The van der Waals surface area contributed by atoms with E-state index in [0.29, 0.717) is 6.42 Å². The summed E-state index contributed by atoms with van der Waals surface area (Å²) in [7, 11) is 2.05. The summed E-state index contributed by atoms with van der Waals surface area (Å²) in [6.07, 6.45) is 1.55. The van der Waals surface area contributed by atoms with Gasteiger partial charge in [0.2, 0.25) is 5.91 Å². The molecule has 5 nitrogen and oxygen atoms in total. The van der Waals surface area contributed by atoms with Crippen LogP contribution in [-0.4, -0.2) is 35.5 Å². The number of hydrogen-bond donors (Lipinski definition) is 2. The van der Waals surface area contributed by atoms with Crippen LogP contribution in [-0.2, 0) is 29.0 Å². The Morgan fingerprint density at radius 1 is 1.35 bits per heavy atom. The van der Waals surface area contributed by atoms with Crippen molar-refractivity contribution in [2.75, 3.05) is 18.9 Å². The van der Waals surface area contributed by atoms with Gasteiger partial charge in [-0.05, 0) is 42.6 Å². The maximum atomic E-state index is 11.3. The third-order valence-electron chi connectivity index (χ3n) is 3.62. The first-order chi connectivity index (χ1) is 9.47. The van der Waals surface area contributed by atoms with Gasteiger partial charge in [-0.15, -0.1) is 0 Å². The summed E-state index contributed by atoms with van der Waals surface area (Å²) in [5.74, 6) is -0.863. The zero-order valence-corrected chi connectivity index (χ0v) is 11.9. The maximum Gasteiger partial charge on any atom is 0.303 e. The van der Waals surface area contributed by atoms with Gasteiger partial charge in [0, 0.05) is 32.1 Å². The van der Waals surface area contributed by atoms with Crippen LogP contribution in [0.5, 0.6) is 0 Å². The lowest BCUT2D eigenvalue weighted by Crippen LogP contribution is -2.28. The molecule has 0 radical (unpaired) electrons. The second-order valence-corrected chi connectivity index (χ2v) is 5.29. The first-order valence-electron chi connectivity index (χ1n) is 6.79. The van der Waals surface area contributed by atoms with Crippen molar-refractivity contribution in [2.45, 2.75) is 32.7 Å². The topological polar surface area (TPSA) is 69.6 Å². The van der Waals surface area contributed by atoms with Gasteiger partial charge in [-0.1, -0.05) is 6.07 Å². The standard InChI is InChI=1S/C15H20N2O3/c1-10(18)16-14-5-3-11(4-6-15(19)20)13-9-17(2)8-7-12(13)14/h3,5H,4,6-9H2,1-2H3,(H,16,18)(H,19,20). The van der Waals surface area contributed by atoms with Gasteiger partial charge in [0.25, 0.3) is 0 Å². The Labute approximate surface area is 118 Å². The molecular weight excluding hydrogens is 256 g/mol. The smallest absolute Gasteiger partial charge is 0.303 e. The predicted molar refractivity (Wildman–Crippen MR) is 76.7 cm³/mol. The molecule has 0 spiro atoms. The van der Waals surface area contributed by atoms with Crippen molar-refractivity contribution in [3.05, 3.63) is 28.8 Å². The molecular formula is C15H20N2O3. The van der Waals surface area contributed by atoms with Crippen LogP contribution in [0.2, 0.25) is 0 Å². The van der Waals surface area contributed by atoms with Crippen molar-refractivity contribution in [3.8, 4) is 0 Å². The van der Waals surface area contributed by atoms with E-state index in [2.05, 4.69) is 17.3 Å². The highest BCUT2D eigenvalue weighted by Gasteiger charge is 2.20. The first kappa shape index (κ1) is 14.5. The molecule has 0 fully saturated rings. The summed E-state index contributed by atoms with van der Waals surface area (Å²) < 4.78 is 0. The van der Waals surface area contributed by atoms with E-state index >= 15 is 0 Å². The van der Waals surface area contributed by atoms with Gasteiger partial charge >= 0.3 is 5.97 Å². The highest BCUT2D eigenvalue weighted by atomic mass is 16.4. The molecule has 2 N–H and O–H groups in total. The van der Waals surface area contributed by atoms with E-state index in [-0.39, 0.29) is 12.3 Å². The molecule has 1 aliphatic rings. The van der Waals surface area contributed by atoms with Crippen LogP contribution in [0.3, 0.4) is 0 Å². The van der Waals surface area contributed by atoms with E-state index < -0.39 is 5.97 Å². The summed E-state index contributed by atoms with van der Waals surface area (Å²) in [4.78, 5) is 24.2. The number of nitrogens with one attached hydrogen (secondary N) is 1. The van der Waals surface area contributed by atoms with Crippen LogP contribution in [0.4, 0.5) is 5.69 Å². The maximum absolute atomic E-state index is 11.3. The monoisotopic (exact) mass is 276 g/mol. The van der Waals surface area contributed by atoms with Gasteiger partial charge in [-0.25, -0.2) is 0 Å². The Kier molecular flexibility index (Phi) is 4.39. The average molecular weight is 276 g/mol. The van der Waals surface area contributed by atoms with Crippen molar-refractivity contribution < 1.29 is 14.7 Å². The van der Waals surface area contributed by atoms with Crippen LogP contribution >= 0.6 is 0 Å². The summed E-state index contributed by atoms with van der Waals surface area (Å²) in [6.45, 7) is 3.25. The minimum absolute atomic E-state index is 0.0792. The van der Waals surface area contributed by atoms with E-state index in [4.69, 9.17) is 5.11 Å². The van der Waals surface area contributed by atoms with Gasteiger partial charge in [0.1, 0.15) is 0 Å². The van der Waals surface area contributed by atoms with Crippen LogP contribution in [0.1, 0.15) is 30.0 Å². The molecule has 0 saturated heterocycles. The number of nitrogens with zero attached hydrogens (tertiary/aromatic N) is 1. The van der Waals surface area contributed by atoms with Crippen LogP contribution in [0.15, 0.2) is 12.1 Å². The molecule has 5 heteroatoms. The molecule has 0 unspecified atom stereocenters. The molecule has 1 amide bonds. The summed E-state index contributed by atoms with van der Waals surface area (Å²) in [5, 5.41) is 11.7. The van der Waals surface area contributed by atoms with E-state index in [1.54, 1.807) is 0 Å². The quantitative estimate of drug-likeness (QED) is 0.877. The van der Waals surface area contributed by atoms with Crippen molar-refractivity contribution >= 4 is 17.6 Å². The number of hydrogen-bond acceptors (Lipinski definition) is 3. The molecule has 1 heterocycles. The third kappa shape index (κ3) is 3.36. The van der Waals surface area contributed by atoms with E-state index in [1.165, 1.54) is 12.5 Å². The van der Waals surface area contributed by atoms with Crippen molar-refractivity contribution in [1.29, 1.82) is 0 Å². The van der Waals surface area contributed by atoms with Crippen LogP contribution in [0, 0.1) is 0 Å². The fourth-order valence-corrected chi connectivity index (χ4v) is 2.66. The minimum atomic E-state index is -0.783. The highest BCUT2D eigenvalue weighted by molar-refractivity contribution is 5.90. The largest absolute Gasteiger partial charge is 0.481 e. The number of carbonyl (C=O) groups is 2. The molecule has 0 aliphatic carbocycles. The summed E-state index contributed by atoms with van der Waals surface area (Å²) in [6, 6.07) is 3.83. The highest BCUT2D eigenvalue weighted by Crippen LogP contribution is 2.29. The second-order valence-electron chi connectivity index (χ2n) is 5.29.